The summed E-state index contributed by atoms with van der Waals surface area (Å²) in [6, 6.07) is 10.0. The number of hydrogen-bond acceptors (Lipinski definition) is 6. The first-order chi connectivity index (χ1) is 18.4. The van der Waals surface area contributed by atoms with Crippen LogP contribution >= 0.6 is 0 Å². The van der Waals surface area contributed by atoms with Crippen LogP contribution in [-0.4, -0.2) is 63.6 Å². The van der Waals surface area contributed by atoms with Gasteiger partial charge in [-0.3, -0.25) is 9.69 Å². The zero-order chi connectivity index (χ0) is 28.5. The van der Waals surface area contributed by atoms with Crippen LogP contribution in [0.4, 0.5) is 13.2 Å². The lowest BCUT2D eigenvalue weighted by Gasteiger charge is -2.30. The largest absolute Gasteiger partial charge is 0.497 e. The molecule has 11 heteroatoms. The van der Waals surface area contributed by atoms with Gasteiger partial charge in [0.1, 0.15) is 17.1 Å². The fourth-order valence-electron chi connectivity index (χ4n) is 4.54. The molecular formula is C28H32F3N5O3. The standard InChI is InChI=1S/C28H32F3N5O3/c1-17(2)35(14-13-34(5)19(4)23-8-7-15-39-23)27(37)22-16-32-36-25(28(29,30)31)18(3)24(33-26(22)36)20-9-11-21(38-6)12-10-20/h7-12,15-17,19H,13-14H2,1-6H3/t19-/m0/s1. The molecule has 0 spiro atoms. The van der Waals surface area contributed by atoms with Gasteiger partial charge in [-0.2, -0.15) is 18.3 Å². The first kappa shape index (κ1) is 28.2. The van der Waals surface area contributed by atoms with Gasteiger partial charge < -0.3 is 14.1 Å². The predicted octanol–water partition coefficient (Wildman–Crippen LogP) is 5.87. The normalized spacial score (nSPS) is 12.9. The van der Waals surface area contributed by atoms with Crippen LogP contribution in [0.3, 0.4) is 0 Å². The van der Waals surface area contributed by atoms with Crippen molar-refractivity contribution >= 4 is 11.6 Å². The molecular weight excluding hydrogens is 511 g/mol. The van der Waals surface area contributed by atoms with E-state index in [-0.39, 0.29) is 34.6 Å². The number of likely N-dealkylation sites (N-methyl/N-ethyl adjacent to an activating group) is 1. The minimum atomic E-state index is -4.72. The average molecular weight is 544 g/mol. The van der Waals surface area contributed by atoms with Crippen LogP contribution in [-0.2, 0) is 6.18 Å². The van der Waals surface area contributed by atoms with Gasteiger partial charge in [-0.05, 0) is 71.1 Å². The van der Waals surface area contributed by atoms with Crippen LogP contribution < -0.4 is 4.74 Å². The van der Waals surface area contributed by atoms with Crippen molar-refractivity contribution in [2.75, 3.05) is 27.2 Å². The minimum Gasteiger partial charge on any atom is -0.497 e. The van der Waals surface area contributed by atoms with E-state index in [9.17, 15) is 18.0 Å². The Morgan fingerprint density at radius 1 is 1.13 bits per heavy atom. The Morgan fingerprint density at radius 2 is 1.82 bits per heavy atom. The molecule has 1 aromatic carbocycles. The predicted molar refractivity (Wildman–Crippen MR) is 141 cm³/mol. The molecule has 0 fully saturated rings. The molecule has 1 amide bonds. The Balaban J connectivity index is 1.73. The fraction of sp³-hybridized carbons (Fsp3) is 0.393. The monoisotopic (exact) mass is 543 g/mol. The van der Waals surface area contributed by atoms with E-state index < -0.39 is 17.8 Å². The molecule has 39 heavy (non-hydrogen) atoms. The van der Waals surface area contributed by atoms with Crippen LogP contribution in [0.2, 0.25) is 0 Å². The second kappa shape index (κ2) is 11.1. The van der Waals surface area contributed by atoms with E-state index >= 15 is 0 Å². The molecule has 0 saturated carbocycles. The lowest BCUT2D eigenvalue weighted by Crippen LogP contribution is -2.42. The lowest BCUT2D eigenvalue weighted by molar-refractivity contribution is -0.143. The number of aromatic nitrogens is 3. The van der Waals surface area contributed by atoms with E-state index in [2.05, 4.69) is 10.1 Å². The van der Waals surface area contributed by atoms with Crippen molar-refractivity contribution in [2.24, 2.45) is 0 Å². The summed E-state index contributed by atoms with van der Waals surface area (Å²) in [5.41, 5.74) is -0.611. The molecule has 0 N–H and O–H groups in total. The van der Waals surface area contributed by atoms with Crippen LogP contribution in [0.25, 0.3) is 16.9 Å². The summed E-state index contributed by atoms with van der Waals surface area (Å²) in [5, 5.41) is 3.97. The molecule has 208 valence electrons. The van der Waals surface area contributed by atoms with Crippen LogP contribution in [0.5, 0.6) is 5.75 Å². The number of carbonyl (C=O) groups is 1. The van der Waals surface area contributed by atoms with Crippen molar-refractivity contribution in [3.05, 3.63) is 71.4 Å². The van der Waals surface area contributed by atoms with Gasteiger partial charge in [0, 0.05) is 30.3 Å². The number of benzene rings is 1. The highest BCUT2D eigenvalue weighted by Gasteiger charge is 2.39. The fourth-order valence-corrected chi connectivity index (χ4v) is 4.54. The Kier molecular flexibility index (Phi) is 8.01. The summed E-state index contributed by atoms with van der Waals surface area (Å²) in [6.07, 6.45) is -1.94. The first-order valence-corrected chi connectivity index (χ1v) is 12.6. The summed E-state index contributed by atoms with van der Waals surface area (Å²) in [6.45, 7) is 7.94. The molecule has 3 aromatic heterocycles. The number of halogens is 3. The van der Waals surface area contributed by atoms with Crippen molar-refractivity contribution in [3.8, 4) is 17.0 Å². The van der Waals surface area contributed by atoms with E-state index in [1.807, 2.05) is 44.9 Å². The minimum absolute atomic E-state index is 0.00528. The second-order valence-electron chi connectivity index (χ2n) is 9.72. The number of hydrogen-bond donors (Lipinski definition) is 0. The van der Waals surface area contributed by atoms with Crippen LogP contribution in [0.15, 0.2) is 53.3 Å². The van der Waals surface area contributed by atoms with Crippen molar-refractivity contribution in [1.29, 1.82) is 0 Å². The molecule has 0 aliphatic heterocycles. The number of amides is 1. The molecule has 0 aliphatic rings. The highest BCUT2D eigenvalue weighted by Crippen LogP contribution is 2.37. The number of alkyl halides is 3. The molecule has 0 aliphatic carbocycles. The van der Waals surface area contributed by atoms with Gasteiger partial charge in [0.05, 0.1) is 31.3 Å². The average Bonchev–Trinajstić information content (AvgIpc) is 3.57. The lowest BCUT2D eigenvalue weighted by atomic mass is 10.0. The van der Waals surface area contributed by atoms with E-state index in [1.54, 1.807) is 35.4 Å². The number of furan rings is 1. The Bertz CT molecular complexity index is 1430. The molecule has 0 unspecified atom stereocenters. The van der Waals surface area contributed by atoms with E-state index in [1.165, 1.54) is 20.2 Å². The topological polar surface area (TPSA) is 76.1 Å². The summed E-state index contributed by atoms with van der Waals surface area (Å²) in [5.74, 6) is 0.921. The number of carbonyl (C=O) groups excluding carboxylic acids is 1. The molecule has 4 rings (SSSR count). The van der Waals surface area contributed by atoms with Gasteiger partial charge in [-0.1, -0.05) is 0 Å². The van der Waals surface area contributed by atoms with Crippen molar-refractivity contribution in [2.45, 2.75) is 46.0 Å². The molecule has 0 saturated heterocycles. The van der Waals surface area contributed by atoms with E-state index in [0.717, 1.165) is 10.3 Å². The maximum Gasteiger partial charge on any atom is 0.433 e. The number of ether oxygens (including phenoxy) is 1. The zero-order valence-corrected chi connectivity index (χ0v) is 22.8. The van der Waals surface area contributed by atoms with Crippen molar-refractivity contribution in [3.63, 3.8) is 0 Å². The summed E-state index contributed by atoms with van der Waals surface area (Å²) < 4.78 is 54.2. The van der Waals surface area contributed by atoms with Crippen LogP contribution in [0.1, 0.15) is 54.2 Å². The molecule has 1 atom stereocenters. The molecule has 8 nitrogen and oxygen atoms in total. The Morgan fingerprint density at radius 3 is 2.38 bits per heavy atom. The SMILES string of the molecule is COc1ccc(-c2nc3c(C(=O)N(CCN(C)[C@@H](C)c4ccco4)C(C)C)cnn3c(C(F)(F)F)c2C)cc1. The van der Waals surface area contributed by atoms with E-state index in [4.69, 9.17) is 9.15 Å². The van der Waals surface area contributed by atoms with Gasteiger partial charge in [-0.25, -0.2) is 9.50 Å². The molecule has 3 heterocycles. The van der Waals surface area contributed by atoms with Gasteiger partial charge in [0.15, 0.2) is 11.3 Å². The molecule has 0 bridgehead atoms. The van der Waals surface area contributed by atoms with E-state index in [0.29, 0.717) is 24.4 Å². The van der Waals surface area contributed by atoms with Crippen molar-refractivity contribution in [1.82, 2.24) is 24.4 Å². The maximum atomic E-state index is 14.3. The van der Waals surface area contributed by atoms with Gasteiger partial charge in [-0.15, -0.1) is 0 Å². The smallest absolute Gasteiger partial charge is 0.433 e. The summed E-state index contributed by atoms with van der Waals surface area (Å²) in [4.78, 5) is 22.0. The molecule has 0 radical (unpaired) electrons. The quantitative estimate of drug-likeness (QED) is 0.263. The highest BCUT2D eigenvalue weighted by molar-refractivity contribution is 6.00. The Hall–Kier alpha value is -3.86. The van der Waals surface area contributed by atoms with Crippen LogP contribution in [0, 0.1) is 6.92 Å². The first-order valence-electron chi connectivity index (χ1n) is 12.6. The number of methoxy groups -OCH3 is 1. The van der Waals surface area contributed by atoms with Gasteiger partial charge in [0.2, 0.25) is 0 Å². The number of fused-ring (bicyclic) bond motifs is 1. The number of nitrogens with zero attached hydrogens (tertiary/aromatic N) is 5. The number of rotatable bonds is 9. The highest BCUT2D eigenvalue weighted by atomic mass is 19.4. The summed E-state index contributed by atoms with van der Waals surface area (Å²) in [7, 11) is 3.43. The molecule has 4 aromatic rings. The third-order valence-electron chi connectivity index (χ3n) is 6.94. The van der Waals surface area contributed by atoms with Crippen molar-refractivity contribution < 1.29 is 27.1 Å². The van der Waals surface area contributed by atoms with Gasteiger partial charge in [0.25, 0.3) is 5.91 Å². The summed E-state index contributed by atoms with van der Waals surface area (Å²) >= 11 is 0. The van der Waals surface area contributed by atoms with Gasteiger partial charge >= 0.3 is 6.18 Å². The second-order valence-corrected chi connectivity index (χ2v) is 9.72. The third-order valence-corrected chi connectivity index (χ3v) is 6.94. The zero-order valence-electron chi connectivity index (χ0n) is 22.8. The maximum absolute atomic E-state index is 14.3. The third kappa shape index (κ3) is 5.63. The Labute approximate surface area is 225 Å².